The van der Waals surface area contributed by atoms with Crippen LogP contribution in [0.3, 0.4) is 0 Å². The number of hydrogen-bond donors (Lipinski definition) is 0. The van der Waals surface area contributed by atoms with Crippen LogP contribution in [0.15, 0.2) is 54.9 Å². The number of carbonyl (C=O) groups excluding carboxylic acids is 1. The Kier molecular flexibility index (Phi) is 5.30. The first-order valence-corrected chi connectivity index (χ1v) is 8.51. The highest BCUT2D eigenvalue weighted by atomic mass is 19.3. The second-order valence-electron chi connectivity index (χ2n) is 6.29. The van der Waals surface area contributed by atoms with Gasteiger partial charge in [-0.05, 0) is 43.7 Å². The van der Waals surface area contributed by atoms with Gasteiger partial charge >= 0.3 is 6.55 Å². The molecule has 0 aliphatic rings. The summed E-state index contributed by atoms with van der Waals surface area (Å²) in [5.41, 5.74) is 3.05. The highest BCUT2D eigenvalue weighted by Crippen LogP contribution is 2.27. The molecule has 2 heterocycles. The van der Waals surface area contributed by atoms with E-state index in [0.717, 1.165) is 11.3 Å². The van der Waals surface area contributed by atoms with Crippen LogP contribution in [0.25, 0.3) is 11.1 Å². The number of alkyl halides is 2. The normalized spacial score (nSPS) is 12.2. The first-order chi connectivity index (χ1) is 12.9. The van der Waals surface area contributed by atoms with Gasteiger partial charge in [0.05, 0.1) is 17.9 Å². The minimum atomic E-state index is -2.68. The zero-order valence-electron chi connectivity index (χ0n) is 15.3. The van der Waals surface area contributed by atoms with E-state index in [1.54, 1.807) is 49.3 Å². The third-order valence-electron chi connectivity index (χ3n) is 4.69. The number of rotatable bonds is 5. The number of benzene rings is 1. The van der Waals surface area contributed by atoms with Gasteiger partial charge < -0.3 is 4.90 Å². The first-order valence-electron chi connectivity index (χ1n) is 8.51. The van der Waals surface area contributed by atoms with Gasteiger partial charge in [-0.2, -0.15) is 13.9 Å². The summed E-state index contributed by atoms with van der Waals surface area (Å²) >= 11 is 0. The Labute approximate surface area is 156 Å². The number of pyridine rings is 1. The fourth-order valence-electron chi connectivity index (χ4n) is 2.90. The smallest absolute Gasteiger partial charge is 0.333 e. The van der Waals surface area contributed by atoms with E-state index in [0.29, 0.717) is 21.5 Å². The summed E-state index contributed by atoms with van der Waals surface area (Å²) in [6, 6.07) is 12.3. The zero-order valence-corrected chi connectivity index (χ0v) is 15.3. The van der Waals surface area contributed by atoms with Crippen molar-refractivity contribution in [3.8, 4) is 11.1 Å². The molecule has 3 aromatic rings. The molecule has 7 heteroatoms. The van der Waals surface area contributed by atoms with Gasteiger partial charge in [-0.25, -0.2) is 4.68 Å². The van der Waals surface area contributed by atoms with Crippen LogP contribution in [0.1, 0.15) is 41.3 Å². The minimum Gasteiger partial charge on any atom is -0.333 e. The molecular formula is C20H20F2N4O. The molecule has 0 saturated carbocycles. The summed E-state index contributed by atoms with van der Waals surface area (Å²) in [5.74, 6) is -0.139. The summed E-state index contributed by atoms with van der Waals surface area (Å²) < 4.78 is 26.4. The summed E-state index contributed by atoms with van der Waals surface area (Å²) in [6.45, 7) is 0.827. The van der Waals surface area contributed by atoms with Crippen LogP contribution in [-0.4, -0.2) is 32.6 Å². The van der Waals surface area contributed by atoms with Crippen molar-refractivity contribution in [3.63, 3.8) is 0 Å². The third kappa shape index (κ3) is 3.72. The molecule has 0 aliphatic heterocycles. The van der Waals surface area contributed by atoms with E-state index in [-0.39, 0.29) is 11.9 Å². The van der Waals surface area contributed by atoms with Crippen molar-refractivity contribution < 1.29 is 13.6 Å². The van der Waals surface area contributed by atoms with E-state index < -0.39 is 6.55 Å². The lowest BCUT2D eigenvalue weighted by Gasteiger charge is -2.24. The molecule has 0 aliphatic carbocycles. The Morgan fingerprint density at radius 3 is 2.41 bits per heavy atom. The minimum absolute atomic E-state index is 0.139. The predicted molar refractivity (Wildman–Crippen MR) is 98.4 cm³/mol. The highest BCUT2D eigenvalue weighted by Gasteiger charge is 2.20. The van der Waals surface area contributed by atoms with Crippen molar-refractivity contribution in [3.05, 3.63) is 71.8 Å². The molecule has 2 aromatic heterocycles. The van der Waals surface area contributed by atoms with Crippen molar-refractivity contribution in [2.24, 2.45) is 0 Å². The SMILES string of the molecule is Cc1c(-c2ccc(C(=O)N(C)C(C)c3ccccn3)cc2)cnn1C(F)F. The van der Waals surface area contributed by atoms with Crippen LogP contribution in [0.5, 0.6) is 0 Å². The van der Waals surface area contributed by atoms with Crippen molar-refractivity contribution in [2.75, 3.05) is 7.05 Å². The Hall–Kier alpha value is -3.09. The highest BCUT2D eigenvalue weighted by molar-refractivity contribution is 5.94. The predicted octanol–water partition coefficient (Wildman–Crippen LogP) is 4.48. The molecule has 1 aromatic carbocycles. The van der Waals surface area contributed by atoms with Gasteiger partial charge in [-0.1, -0.05) is 18.2 Å². The van der Waals surface area contributed by atoms with E-state index in [4.69, 9.17) is 0 Å². The monoisotopic (exact) mass is 370 g/mol. The first kappa shape index (κ1) is 18.7. The molecule has 0 spiro atoms. The molecule has 0 bridgehead atoms. The van der Waals surface area contributed by atoms with Gasteiger partial charge in [0, 0.05) is 30.1 Å². The molecule has 0 N–H and O–H groups in total. The van der Waals surface area contributed by atoms with E-state index in [1.807, 2.05) is 25.1 Å². The van der Waals surface area contributed by atoms with Crippen molar-refractivity contribution in [2.45, 2.75) is 26.4 Å². The summed E-state index contributed by atoms with van der Waals surface area (Å²) in [6.07, 6.45) is 3.11. The fraction of sp³-hybridized carbons (Fsp3) is 0.250. The molecule has 3 rings (SSSR count). The maximum atomic E-state index is 12.9. The molecule has 0 fully saturated rings. The Morgan fingerprint density at radius 2 is 1.85 bits per heavy atom. The van der Waals surface area contributed by atoms with Gasteiger partial charge in [-0.15, -0.1) is 0 Å². The second-order valence-corrected chi connectivity index (χ2v) is 6.29. The van der Waals surface area contributed by atoms with E-state index in [9.17, 15) is 13.6 Å². The van der Waals surface area contributed by atoms with E-state index in [2.05, 4.69) is 10.1 Å². The number of halogens is 2. The number of amides is 1. The Balaban J connectivity index is 1.80. The second kappa shape index (κ2) is 7.65. The molecular weight excluding hydrogens is 350 g/mol. The maximum Gasteiger partial charge on any atom is 0.333 e. The lowest BCUT2D eigenvalue weighted by atomic mass is 10.0. The van der Waals surface area contributed by atoms with Crippen LogP contribution in [-0.2, 0) is 0 Å². The van der Waals surface area contributed by atoms with Gasteiger partial charge in [-0.3, -0.25) is 9.78 Å². The average Bonchev–Trinajstić information content (AvgIpc) is 3.08. The molecule has 1 amide bonds. The quantitative estimate of drug-likeness (QED) is 0.665. The number of aromatic nitrogens is 3. The number of carbonyl (C=O) groups is 1. The van der Waals surface area contributed by atoms with Crippen LogP contribution < -0.4 is 0 Å². The van der Waals surface area contributed by atoms with Crippen LogP contribution >= 0.6 is 0 Å². The van der Waals surface area contributed by atoms with Crippen molar-refractivity contribution >= 4 is 5.91 Å². The topological polar surface area (TPSA) is 51.0 Å². The average molecular weight is 370 g/mol. The number of nitrogens with zero attached hydrogens (tertiary/aromatic N) is 4. The molecule has 5 nitrogen and oxygen atoms in total. The van der Waals surface area contributed by atoms with Crippen LogP contribution in [0.2, 0.25) is 0 Å². The van der Waals surface area contributed by atoms with Crippen LogP contribution in [0.4, 0.5) is 8.78 Å². The molecule has 1 unspecified atom stereocenters. The standard InChI is InChI=1S/C20H20F2N4O/c1-13-17(12-24-26(13)20(21)22)15-7-9-16(10-8-15)19(27)25(3)14(2)18-6-4-5-11-23-18/h4-12,14,20H,1-3H3. The lowest BCUT2D eigenvalue weighted by Crippen LogP contribution is -2.30. The number of hydrogen-bond acceptors (Lipinski definition) is 3. The summed E-state index contributed by atoms with van der Waals surface area (Å²) in [5, 5.41) is 3.72. The lowest BCUT2D eigenvalue weighted by molar-refractivity contribution is 0.0545. The third-order valence-corrected chi connectivity index (χ3v) is 4.69. The Bertz CT molecular complexity index is 923. The van der Waals surface area contributed by atoms with Gasteiger partial charge in [0.2, 0.25) is 0 Å². The van der Waals surface area contributed by atoms with E-state index in [1.165, 1.54) is 6.20 Å². The van der Waals surface area contributed by atoms with Crippen molar-refractivity contribution in [1.82, 2.24) is 19.7 Å². The van der Waals surface area contributed by atoms with E-state index >= 15 is 0 Å². The zero-order chi connectivity index (χ0) is 19.6. The molecule has 0 saturated heterocycles. The molecule has 140 valence electrons. The molecule has 0 radical (unpaired) electrons. The van der Waals surface area contributed by atoms with Crippen LogP contribution in [0, 0.1) is 6.92 Å². The molecule has 27 heavy (non-hydrogen) atoms. The van der Waals surface area contributed by atoms with Crippen molar-refractivity contribution in [1.29, 1.82) is 0 Å². The largest absolute Gasteiger partial charge is 0.333 e. The molecule has 1 atom stereocenters. The van der Waals surface area contributed by atoms with Gasteiger partial charge in [0.1, 0.15) is 0 Å². The van der Waals surface area contributed by atoms with Gasteiger partial charge in [0.15, 0.2) is 0 Å². The summed E-state index contributed by atoms with van der Waals surface area (Å²) in [7, 11) is 1.73. The summed E-state index contributed by atoms with van der Waals surface area (Å²) in [4.78, 5) is 18.7. The maximum absolute atomic E-state index is 12.9. The Morgan fingerprint density at radius 1 is 1.15 bits per heavy atom. The van der Waals surface area contributed by atoms with Gasteiger partial charge in [0.25, 0.3) is 5.91 Å². The fourth-order valence-corrected chi connectivity index (χ4v) is 2.90.